The second kappa shape index (κ2) is 5.85. The van der Waals surface area contributed by atoms with Gasteiger partial charge in [0.05, 0.1) is 19.3 Å². The lowest BCUT2D eigenvalue weighted by Gasteiger charge is -2.15. The summed E-state index contributed by atoms with van der Waals surface area (Å²) in [6, 6.07) is 5.71. The monoisotopic (exact) mass is 300 g/mol. The molecule has 94 valence electrons. The van der Waals surface area contributed by atoms with Gasteiger partial charge in [-0.3, -0.25) is 0 Å². The van der Waals surface area contributed by atoms with Crippen molar-refractivity contribution in [2.45, 2.75) is 19.4 Å². The zero-order chi connectivity index (χ0) is 12.3. The highest BCUT2D eigenvalue weighted by Gasteiger charge is 2.17. The molecule has 4 heteroatoms. The number of hydrogen-bond donors (Lipinski definition) is 1. The highest BCUT2D eigenvalue weighted by molar-refractivity contribution is 9.10. The largest absolute Gasteiger partial charge is 0.493 e. The summed E-state index contributed by atoms with van der Waals surface area (Å²) >= 11 is 3.40. The summed E-state index contributed by atoms with van der Waals surface area (Å²) in [6.07, 6.45) is 0.530. The molecule has 0 bridgehead atoms. The molecule has 1 heterocycles. The van der Waals surface area contributed by atoms with Gasteiger partial charge < -0.3 is 14.6 Å². The fourth-order valence-corrected chi connectivity index (χ4v) is 2.28. The Morgan fingerprint density at radius 2 is 2.41 bits per heavy atom. The van der Waals surface area contributed by atoms with E-state index in [2.05, 4.69) is 15.9 Å². The topological polar surface area (TPSA) is 38.7 Å². The number of aliphatic hydroxyl groups is 1. The van der Waals surface area contributed by atoms with E-state index < -0.39 is 6.10 Å². The SMILES string of the molecule is C[C@H](O)c1cc(Br)ccc1OCC1CCOC1. The molecule has 0 aromatic heterocycles. The molecule has 17 heavy (non-hydrogen) atoms. The molecule has 1 saturated heterocycles. The van der Waals surface area contributed by atoms with Gasteiger partial charge in [0, 0.05) is 22.6 Å². The van der Waals surface area contributed by atoms with Crippen LogP contribution in [0.5, 0.6) is 5.75 Å². The van der Waals surface area contributed by atoms with Crippen molar-refractivity contribution in [1.82, 2.24) is 0 Å². The Bertz CT molecular complexity index is 373. The fraction of sp³-hybridized carbons (Fsp3) is 0.538. The van der Waals surface area contributed by atoms with Crippen LogP contribution in [0.3, 0.4) is 0 Å². The van der Waals surface area contributed by atoms with Crippen molar-refractivity contribution in [3.63, 3.8) is 0 Å². The number of ether oxygens (including phenoxy) is 2. The van der Waals surface area contributed by atoms with Crippen molar-refractivity contribution in [3.05, 3.63) is 28.2 Å². The highest BCUT2D eigenvalue weighted by Crippen LogP contribution is 2.29. The predicted octanol–water partition coefficient (Wildman–Crippen LogP) is 2.92. The molecule has 1 aliphatic rings. The van der Waals surface area contributed by atoms with Gasteiger partial charge in [0.2, 0.25) is 0 Å². The lowest BCUT2D eigenvalue weighted by atomic mass is 10.1. The molecule has 0 aliphatic carbocycles. The van der Waals surface area contributed by atoms with Crippen LogP contribution in [0.4, 0.5) is 0 Å². The van der Waals surface area contributed by atoms with Crippen molar-refractivity contribution < 1.29 is 14.6 Å². The van der Waals surface area contributed by atoms with E-state index in [1.165, 1.54) is 0 Å². The molecule has 0 amide bonds. The Hall–Kier alpha value is -0.580. The molecule has 1 aromatic rings. The van der Waals surface area contributed by atoms with Crippen LogP contribution in [0.2, 0.25) is 0 Å². The summed E-state index contributed by atoms with van der Waals surface area (Å²) in [7, 11) is 0. The Morgan fingerprint density at radius 3 is 3.06 bits per heavy atom. The lowest BCUT2D eigenvalue weighted by Crippen LogP contribution is -2.12. The molecular weight excluding hydrogens is 284 g/mol. The maximum Gasteiger partial charge on any atom is 0.125 e. The van der Waals surface area contributed by atoms with E-state index in [9.17, 15) is 5.11 Å². The highest BCUT2D eigenvalue weighted by atomic mass is 79.9. The molecule has 0 radical (unpaired) electrons. The lowest BCUT2D eigenvalue weighted by molar-refractivity contribution is 0.162. The smallest absolute Gasteiger partial charge is 0.125 e. The van der Waals surface area contributed by atoms with Crippen LogP contribution in [0.1, 0.15) is 25.0 Å². The summed E-state index contributed by atoms with van der Waals surface area (Å²) in [5, 5.41) is 9.70. The predicted molar refractivity (Wildman–Crippen MR) is 69.2 cm³/mol. The van der Waals surface area contributed by atoms with Gasteiger partial charge in [-0.2, -0.15) is 0 Å². The van der Waals surface area contributed by atoms with E-state index in [1.54, 1.807) is 6.92 Å². The molecule has 1 N–H and O–H groups in total. The summed E-state index contributed by atoms with van der Waals surface area (Å²) in [6.45, 7) is 4.01. The van der Waals surface area contributed by atoms with Crippen LogP contribution in [-0.4, -0.2) is 24.9 Å². The quantitative estimate of drug-likeness (QED) is 0.929. The molecular formula is C13H17BrO3. The van der Waals surface area contributed by atoms with Crippen molar-refractivity contribution in [1.29, 1.82) is 0 Å². The second-order valence-corrected chi connectivity index (χ2v) is 5.31. The first-order chi connectivity index (χ1) is 8.16. The number of benzene rings is 1. The average molecular weight is 301 g/mol. The minimum atomic E-state index is -0.526. The van der Waals surface area contributed by atoms with Gasteiger partial charge in [0.15, 0.2) is 0 Å². The van der Waals surface area contributed by atoms with Gasteiger partial charge in [0.25, 0.3) is 0 Å². The van der Waals surface area contributed by atoms with E-state index >= 15 is 0 Å². The number of aliphatic hydroxyl groups excluding tert-OH is 1. The van der Waals surface area contributed by atoms with Crippen LogP contribution >= 0.6 is 15.9 Å². The Labute approximate surface area is 110 Å². The van der Waals surface area contributed by atoms with Crippen LogP contribution < -0.4 is 4.74 Å². The summed E-state index contributed by atoms with van der Waals surface area (Å²) in [5.74, 6) is 1.23. The van der Waals surface area contributed by atoms with Crippen molar-refractivity contribution in [3.8, 4) is 5.75 Å². The standard InChI is InChI=1S/C13H17BrO3/c1-9(15)12-6-11(14)2-3-13(12)17-8-10-4-5-16-7-10/h2-3,6,9-10,15H,4-5,7-8H2,1H3/t9-,10?/m0/s1. The first-order valence-corrected chi connectivity index (χ1v) is 6.64. The van der Waals surface area contributed by atoms with Crippen molar-refractivity contribution >= 4 is 15.9 Å². The minimum Gasteiger partial charge on any atom is -0.493 e. The van der Waals surface area contributed by atoms with Gasteiger partial charge in [-0.25, -0.2) is 0 Å². The van der Waals surface area contributed by atoms with Crippen molar-refractivity contribution in [2.75, 3.05) is 19.8 Å². The van der Waals surface area contributed by atoms with E-state index in [0.717, 1.165) is 35.4 Å². The van der Waals surface area contributed by atoms with Crippen LogP contribution in [0.25, 0.3) is 0 Å². The van der Waals surface area contributed by atoms with Crippen LogP contribution in [0.15, 0.2) is 22.7 Å². The average Bonchev–Trinajstić information content (AvgIpc) is 2.80. The third-order valence-electron chi connectivity index (χ3n) is 2.92. The molecule has 1 aliphatic heterocycles. The summed E-state index contributed by atoms with van der Waals surface area (Å²) in [4.78, 5) is 0. The Balaban J connectivity index is 2.03. The molecule has 1 unspecified atom stereocenters. The van der Waals surface area contributed by atoms with Gasteiger partial charge in [-0.1, -0.05) is 15.9 Å². The van der Waals surface area contributed by atoms with Gasteiger partial charge in [-0.15, -0.1) is 0 Å². The number of hydrogen-bond acceptors (Lipinski definition) is 3. The molecule has 0 spiro atoms. The third-order valence-corrected chi connectivity index (χ3v) is 3.41. The van der Waals surface area contributed by atoms with Crippen LogP contribution in [0, 0.1) is 5.92 Å². The van der Waals surface area contributed by atoms with Crippen LogP contribution in [-0.2, 0) is 4.74 Å². The Kier molecular flexibility index (Phi) is 4.42. The fourth-order valence-electron chi connectivity index (χ4n) is 1.90. The zero-order valence-electron chi connectivity index (χ0n) is 9.86. The first kappa shape index (κ1) is 12.9. The van der Waals surface area contributed by atoms with Gasteiger partial charge >= 0.3 is 0 Å². The summed E-state index contributed by atoms with van der Waals surface area (Å²) in [5.41, 5.74) is 0.818. The number of rotatable bonds is 4. The first-order valence-electron chi connectivity index (χ1n) is 5.85. The van der Waals surface area contributed by atoms with Gasteiger partial charge in [0.1, 0.15) is 5.75 Å². The van der Waals surface area contributed by atoms with E-state index in [0.29, 0.717) is 12.5 Å². The Morgan fingerprint density at radius 1 is 1.59 bits per heavy atom. The van der Waals surface area contributed by atoms with Gasteiger partial charge in [-0.05, 0) is 31.5 Å². The van der Waals surface area contributed by atoms with E-state index in [1.807, 2.05) is 18.2 Å². The maximum absolute atomic E-state index is 9.70. The molecule has 1 aromatic carbocycles. The summed E-state index contributed by atoms with van der Waals surface area (Å²) < 4.78 is 12.0. The molecule has 0 saturated carbocycles. The molecule has 3 nitrogen and oxygen atoms in total. The van der Waals surface area contributed by atoms with Crippen molar-refractivity contribution in [2.24, 2.45) is 5.92 Å². The minimum absolute atomic E-state index is 0.473. The second-order valence-electron chi connectivity index (χ2n) is 4.40. The molecule has 2 atom stereocenters. The van der Waals surface area contributed by atoms with E-state index in [-0.39, 0.29) is 0 Å². The molecule has 1 fully saturated rings. The number of halogens is 1. The molecule has 2 rings (SSSR count). The maximum atomic E-state index is 9.70. The zero-order valence-corrected chi connectivity index (χ0v) is 11.4. The van der Waals surface area contributed by atoms with E-state index in [4.69, 9.17) is 9.47 Å². The third kappa shape index (κ3) is 3.44. The normalized spacial score (nSPS) is 21.5.